The van der Waals surface area contributed by atoms with Gasteiger partial charge in [0.2, 0.25) is 12.2 Å². The van der Waals surface area contributed by atoms with Gasteiger partial charge in [0.1, 0.15) is 11.6 Å². The summed E-state index contributed by atoms with van der Waals surface area (Å²) < 4.78 is 46.7. The highest BCUT2D eigenvalue weighted by Crippen LogP contribution is 2.35. The van der Waals surface area contributed by atoms with E-state index < -0.39 is 28.6 Å². The molecule has 2 aromatic rings. The van der Waals surface area contributed by atoms with Crippen LogP contribution < -0.4 is 15.6 Å². The lowest BCUT2D eigenvalue weighted by atomic mass is 9.95. The third kappa shape index (κ3) is 6.92. The Kier molecular flexibility index (Phi) is 8.23. The van der Waals surface area contributed by atoms with Crippen molar-refractivity contribution < 1.29 is 22.7 Å². The number of nitrogens with one attached hydrogen (secondary N) is 1. The molecule has 0 fully saturated rings. The lowest BCUT2D eigenvalue weighted by Crippen LogP contribution is -2.34. The third-order valence-electron chi connectivity index (χ3n) is 4.23. The second-order valence-electron chi connectivity index (χ2n) is 8.21. The van der Waals surface area contributed by atoms with E-state index in [0.29, 0.717) is 17.8 Å². The highest BCUT2D eigenvalue weighted by Gasteiger charge is 2.38. The van der Waals surface area contributed by atoms with Crippen molar-refractivity contribution in [3.8, 4) is 17.6 Å². The van der Waals surface area contributed by atoms with Crippen LogP contribution in [-0.4, -0.2) is 21.8 Å². The molecule has 2 rings (SSSR count). The third-order valence-corrected chi connectivity index (χ3v) is 4.44. The zero-order valence-electron chi connectivity index (χ0n) is 18.7. The van der Waals surface area contributed by atoms with E-state index in [1.807, 2.05) is 20.8 Å². The summed E-state index contributed by atoms with van der Waals surface area (Å²) in [5.41, 5.74) is -2.57. The van der Waals surface area contributed by atoms with Crippen LogP contribution in [0.5, 0.6) is 11.5 Å². The number of amides is 1. The van der Waals surface area contributed by atoms with Gasteiger partial charge in [-0.3, -0.25) is 14.2 Å². The van der Waals surface area contributed by atoms with Crippen LogP contribution in [0.2, 0.25) is 5.02 Å². The first-order valence-electron chi connectivity index (χ1n) is 9.75. The fourth-order valence-corrected chi connectivity index (χ4v) is 2.89. The van der Waals surface area contributed by atoms with Gasteiger partial charge < -0.3 is 10.1 Å². The molecule has 1 N–H and O–H groups in total. The van der Waals surface area contributed by atoms with Gasteiger partial charge in [0.25, 0.3) is 5.56 Å². The largest absolute Gasteiger partial charge is 0.449 e. The van der Waals surface area contributed by atoms with Crippen LogP contribution >= 0.6 is 11.6 Å². The Morgan fingerprint density at radius 1 is 1.32 bits per heavy atom. The molecule has 1 amide bonds. The molecule has 34 heavy (non-hydrogen) atoms. The average molecular weight is 496 g/mol. The summed E-state index contributed by atoms with van der Waals surface area (Å²) >= 11 is 5.88. The molecule has 0 aliphatic heterocycles. The summed E-state index contributed by atoms with van der Waals surface area (Å²) in [4.78, 5) is 31.3. The molecule has 1 aromatic heterocycles. The number of hydrogen-bond donors (Lipinski definition) is 1. The molecule has 8 nitrogen and oxygen atoms in total. The Morgan fingerprint density at radius 2 is 2.00 bits per heavy atom. The number of nitrogens with zero attached hydrogens (tertiary/aromatic N) is 4. The van der Waals surface area contributed by atoms with Crippen molar-refractivity contribution in [2.24, 2.45) is 10.4 Å². The summed E-state index contributed by atoms with van der Waals surface area (Å²) in [5, 5.41) is 11.6. The van der Waals surface area contributed by atoms with Gasteiger partial charge in [0.15, 0.2) is 5.69 Å². The molecular weight excluding hydrogens is 475 g/mol. The molecule has 0 saturated carbocycles. The van der Waals surface area contributed by atoms with Crippen molar-refractivity contribution in [2.45, 2.75) is 40.4 Å². The topological polar surface area (TPSA) is 109 Å². The Balaban J connectivity index is 2.50. The fraction of sp³-hybridized carbons (Fsp3) is 0.318. The monoisotopic (exact) mass is 495 g/mol. The average Bonchev–Trinajstić information content (AvgIpc) is 2.71. The van der Waals surface area contributed by atoms with E-state index in [0.717, 1.165) is 17.0 Å². The normalized spacial score (nSPS) is 12.8. The predicted octanol–water partition coefficient (Wildman–Crippen LogP) is 4.67. The standard InChI is InChI=1S/C22H21ClF3N5O3/c1-13(9-28-20(30-12-32)21(2,3)4)10-31-11-29-18(22(24,25)26)17(19(31)33)34-16-6-14(8-27)5-15(23)7-16/h5-7,9,11-12H,10H2,1-4H3,(H,28,30,32)/b13-9+. The highest BCUT2D eigenvalue weighted by atomic mass is 35.5. The summed E-state index contributed by atoms with van der Waals surface area (Å²) in [6.45, 7) is 6.93. The van der Waals surface area contributed by atoms with Crippen LogP contribution in [-0.2, 0) is 17.5 Å². The van der Waals surface area contributed by atoms with Crippen molar-refractivity contribution >= 4 is 23.8 Å². The summed E-state index contributed by atoms with van der Waals surface area (Å²) in [7, 11) is 0. The van der Waals surface area contributed by atoms with Crippen LogP contribution in [0.4, 0.5) is 13.2 Å². The van der Waals surface area contributed by atoms with E-state index >= 15 is 0 Å². The summed E-state index contributed by atoms with van der Waals surface area (Å²) in [5.74, 6) is -0.925. The maximum absolute atomic E-state index is 13.5. The SMILES string of the molecule is C/C(=C\N=C(/NC=O)C(C)(C)C)Cn1cnc(C(F)(F)F)c(Oc2cc(Cl)cc(C#N)c2)c1=O. The van der Waals surface area contributed by atoms with E-state index in [-0.39, 0.29) is 22.9 Å². The minimum Gasteiger partial charge on any atom is -0.449 e. The molecule has 180 valence electrons. The highest BCUT2D eigenvalue weighted by molar-refractivity contribution is 6.30. The number of ether oxygens (including phenoxy) is 1. The van der Waals surface area contributed by atoms with Crippen molar-refractivity contribution in [1.29, 1.82) is 5.26 Å². The van der Waals surface area contributed by atoms with Gasteiger partial charge in [-0.05, 0) is 30.7 Å². The number of hydrogen-bond acceptors (Lipinski definition) is 6. The number of allylic oxidation sites excluding steroid dienone is 1. The van der Waals surface area contributed by atoms with Gasteiger partial charge in [-0.1, -0.05) is 32.4 Å². The Labute approximate surface area is 198 Å². The maximum atomic E-state index is 13.5. The van der Waals surface area contributed by atoms with Crippen LogP contribution in [0.3, 0.4) is 0 Å². The van der Waals surface area contributed by atoms with Gasteiger partial charge in [0.05, 0.1) is 18.0 Å². The number of amidine groups is 1. The second kappa shape index (κ2) is 10.5. The quantitative estimate of drug-likeness (QED) is 0.355. The van der Waals surface area contributed by atoms with Gasteiger partial charge in [0, 0.05) is 23.2 Å². The van der Waals surface area contributed by atoms with Crippen molar-refractivity contribution in [1.82, 2.24) is 14.9 Å². The zero-order chi connectivity index (χ0) is 25.7. The number of carbonyl (C=O) groups is 1. The molecule has 0 spiro atoms. The molecule has 0 bridgehead atoms. The smallest absolute Gasteiger partial charge is 0.437 e. The number of nitriles is 1. The molecule has 0 radical (unpaired) electrons. The van der Waals surface area contributed by atoms with Gasteiger partial charge in [-0.15, -0.1) is 0 Å². The molecular formula is C22H21ClF3N5O3. The number of rotatable bonds is 6. The van der Waals surface area contributed by atoms with Crippen LogP contribution in [0, 0.1) is 16.7 Å². The van der Waals surface area contributed by atoms with Crippen LogP contribution in [0.15, 0.2) is 46.1 Å². The molecule has 0 atom stereocenters. The fourth-order valence-electron chi connectivity index (χ4n) is 2.67. The maximum Gasteiger partial charge on any atom is 0.437 e. The molecule has 12 heteroatoms. The van der Waals surface area contributed by atoms with Gasteiger partial charge in [-0.2, -0.15) is 18.4 Å². The number of benzene rings is 1. The molecule has 0 unspecified atom stereocenters. The molecule has 1 heterocycles. The van der Waals surface area contributed by atoms with E-state index in [1.165, 1.54) is 18.3 Å². The van der Waals surface area contributed by atoms with Crippen LogP contribution in [0.1, 0.15) is 39.0 Å². The molecule has 0 aliphatic carbocycles. The van der Waals surface area contributed by atoms with Crippen molar-refractivity contribution in [2.75, 3.05) is 0 Å². The number of aromatic nitrogens is 2. The molecule has 1 aromatic carbocycles. The van der Waals surface area contributed by atoms with E-state index in [1.54, 1.807) is 13.0 Å². The first-order chi connectivity index (χ1) is 15.8. The first-order valence-corrected chi connectivity index (χ1v) is 10.1. The first kappa shape index (κ1) is 26.6. The van der Waals surface area contributed by atoms with Gasteiger partial charge in [-0.25, -0.2) is 9.98 Å². The summed E-state index contributed by atoms with van der Waals surface area (Å²) in [6, 6.07) is 5.42. The van der Waals surface area contributed by atoms with Crippen molar-refractivity contribution in [3.05, 3.63) is 62.9 Å². The number of carbonyl (C=O) groups excluding carboxylic acids is 1. The van der Waals surface area contributed by atoms with Gasteiger partial charge >= 0.3 is 6.18 Å². The van der Waals surface area contributed by atoms with E-state index in [4.69, 9.17) is 21.6 Å². The predicted molar refractivity (Wildman–Crippen MR) is 120 cm³/mol. The summed E-state index contributed by atoms with van der Waals surface area (Å²) in [6.07, 6.45) is -2.35. The Hall–Kier alpha value is -3.65. The minimum atomic E-state index is -4.97. The second-order valence-corrected chi connectivity index (χ2v) is 8.64. The molecule has 0 saturated heterocycles. The molecule has 0 aliphatic rings. The number of aliphatic imine (C=N–C) groups is 1. The minimum absolute atomic E-state index is 0.0375. The zero-order valence-corrected chi connectivity index (χ0v) is 19.5. The Morgan fingerprint density at radius 3 is 2.56 bits per heavy atom. The lowest BCUT2D eigenvalue weighted by Gasteiger charge is -2.19. The number of alkyl halides is 3. The lowest BCUT2D eigenvalue weighted by molar-refractivity contribution is -0.142. The van der Waals surface area contributed by atoms with Crippen LogP contribution in [0.25, 0.3) is 0 Å². The van der Waals surface area contributed by atoms with Crippen molar-refractivity contribution in [3.63, 3.8) is 0 Å². The Bertz CT molecular complexity index is 1240. The van der Waals surface area contributed by atoms with E-state index in [9.17, 15) is 22.8 Å². The van der Waals surface area contributed by atoms with E-state index in [2.05, 4.69) is 15.3 Å². The number of halogens is 4.